The van der Waals surface area contributed by atoms with Crippen molar-refractivity contribution in [3.05, 3.63) is 36.0 Å². The van der Waals surface area contributed by atoms with Gasteiger partial charge in [-0.2, -0.15) is 0 Å². The molecule has 12 heavy (non-hydrogen) atoms. The van der Waals surface area contributed by atoms with Crippen molar-refractivity contribution in [1.29, 1.82) is 0 Å². The quantitative estimate of drug-likeness (QED) is 0.372. The molecule has 0 spiro atoms. The molecule has 0 saturated carbocycles. The third-order valence-corrected chi connectivity index (χ3v) is 1.66. The van der Waals surface area contributed by atoms with E-state index >= 15 is 0 Å². The normalized spacial score (nSPS) is 12.5. The van der Waals surface area contributed by atoms with Crippen LogP contribution in [0.2, 0.25) is 0 Å². The van der Waals surface area contributed by atoms with Gasteiger partial charge in [-0.25, -0.2) is 0 Å². The molecule has 0 fully saturated rings. The van der Waals surface area contributed by atoms with Gasteiger partial charge >= 0.3 is 66.1 Å². The van der Waals surface area contributed by atoms with E-state index in [1.165, 1.54) is 24.9 Å². The van der Waals surface area contributed by atoms with E-state index in [-0.39, 0.29) is 63.2 Å². The summed E-state index contributed by atoms with van der Waals surface area (Å²) in [7, 11) is 0. The Morgan fingerprint density at radius 3 is 2.42 bits per heavy atom. The Balaban J connectivity index is -0.000000270. The van der Waals surface area contributed by atoms with E-state index in [1.807, 2.05) is 6.08 Å². The molecule has 0 aromatic carbocycles. The zero-order valence-corrected chi connectivity index (χ0v) is 18.0. The van der Waals surface area contributed by atoms with Gasteiger partial charge < -0.3 is 0 Å². The first-order valence-corrected chi connectivity index (χ1v) is 4.52. The average Bonchev–Trinajstić information content (AvgIpc) is 2.34. The topological polar surface area (TPSA) is 0 Å². The summed E-state index contributed by atoms with van der Waals surface area (Å²) in [6.45, 7) is 0. The van der Waals surface area contributed by atoms with Gasteiger partial charge in [-0.3, -0.25) is 0 Å². The van der Waals surface area contributed by atoms with Crippen LogP contribution in [0.3, 0.4) is 0 Å². The fraction of sp³-hybridized carbons (Fsp3) is 0.125. The van der Waals surface area contributed by atoms with Crippen LogP contribution in [0.4, 0.5) is 0 Å². The maximum atomic E-state index is 3.13. The first kappa shape index (κ1) is 19.4. The van der Waals surface area contributed by atoms with Gasteiger partial charge in [0.1, 0.15) is 0 Å². The first-order valence-electron chi connectivity index (χ1n) is 2.82. The van der Waals surface area contributed by atoms with E-state index in [9.17, 15) is 0 Å². The third kappa shape index (κ3) is 8.44. The SMILES string of the molecule is [W].[W].[W].[W]=[CH]/C=C\C1=[C-]C=CC1. The zero-order chi connectivity index (χ0) is 6.53. The third-order valence-electron chi connectivity index (χ3n) is 1.10. The van der Waals surface area contributed by atoms with E-state index in [4.69, 9.17) is 0 Å². The molecule has 0 saturated heterocycles. The van der Waals surface area contributed by atoms with E-state index in [2.05, 4.69) is 28.7 Å². The Morgan fingerprint density at radius 1 is 1.33 bits per heavy atom. The van der Waals surface area contributed by atoms with Gasteiger partial charge in [0, 0.05) is 63.2 Å². The zero-order valence-electron chi connectivity index (χ0n) is 6.23. The summed E-state index contributed by atoms with van der Waals surface area (Å²) in [6, 6.07) is 0. The molecule has 1 rings (SSSR count). The molecule has 0 aromatic rings. The Hall–Kier alpha value is 1.84. The summed E-state index contributed by atoms with van der Waals surface area (Å²) >= 11 is 1.49. The fourth-order valence-corrected chi connectivity index (χ4v) is 0.965. The molecular formula is C8H7W4-. The molecule has 0 heterocycles. The predicted octanol–water partition coefficient (Wildman–Crippen LogP) is 1.57. The molecule has 0 amide bonds. The summed E-state index contributed by atoms with van der Waals surface area (Å²) in [4.78, 5) is 0. The van der Waals surface area contributed by atoms with Crippen molar-refractivity contribution < 1.29 is 82.5 Å². The van der Waals surface area contributed by atoms with Gasteiger partial charge in [0.15, 0.2) is 0 Å². The van der Waals surface area contributed by atoms with E-state index in [0.29, 0.717) is 0 Å². The second kappa shape index (κ2) is 12.8. The molecule has 0 N–H and O–H groups in total. The van der Waals surface area contributed by atoms with Crippen molar-refractivity contribution in [3.63, 3.8) is 0 Å². The first-order chi connectivity index (χ1) is 4.43. The summed E-state index contributed by atoms with van der Waals surface area (Å²) < 4.78 is 2.10. The van der Waals surface area contributed by atoms with Crippen LogP contribution in [-0.2, 0) is 82.5 Å². The Labute approximate surface area is 128 Å². The van der Waals surface area contributed by atoms with Crippen LogP contribution in [0.15, 0.2) is 29.9 Å². The summed E-state index contributed by atoms with van der Waals surface area (Å²) in [5, 5.41) is 0. The molecule has 0 aliphatic heterocycles. The van der Waals surface area contributed by atoms with Gasteiger partial charge in [-0.05, 0) is 0 Å². The van der Waals surface area contributed by atoms with Crippen molar-refractivity contribution in [2.45, 2.75) is 6.42 Å². The molecule has 0 nitrogen and oxygen atoms in total. The monoisotopic (exact) mass is 839 g/mol. The van der Waals surface area contributed by atoms with Gasteiger partial charge in [0.25, 0.3) is 0 Å². The van der Waals surface area contributed by atoms with Crippen LogP contribution < -0.4 is 0 Å². The molecule has 0 radical (unpaired) electrons. The van der Waals surface area contributed by atoms with E-state index in [1.54, 1.807) is 0 Å². The minimum absolute atomic E-state index is 0. The molecule has 4 heteroatoms. The molecule has 1 aliphatic rings. The van der Waals surface area contributed by atoms with E-state index < -0.39 is 0 Å². The van der Waals surface area contributed by atoms with Gasteiger partial charge in [0.05, 0.1) is 0 Å². The van der Waals surface area contributed by atoms with Gasteiger partial charge in [-0.15, -0.1) is 0 Å². The van der Waals surface area contributed by atoms with Gasteiger partial charge in [0.2, 0.25) is 0 Å². The van der Waals surface area contributed by atoms with Crippen LogP contribution in [0, 0.1) is 6.08 Å². The minimum atomic E-state index is 0. The Bertz CT molecular complexity index is 191. The Kier molecular flexibility index (Phi) is 20.8. The molecule has 0 bridgehead atoms. The molecule has 64 valence electrons. The summed E-state index contributed by atoms with van der Waals surface area (Å²) in [5.74, 6) is 0. The van der Waals surface area contributed by atoms with Crippen LogP contribution in [0.1, 0.15) is 6.42 Å². The molecule has 0 aromatic heterocycles. The number of hydrogen-bond acceptors (Lipinski definition) is 0. The van der Waals surface area contributed by atoms with Crippen LogP contribution in [0.25, 0.3) is 0 Å². The number of rotatable bonds is 2. The van der Waals surface area contributed by atoms with Crippen molar-refractivity contribution in [1.82, 2.24) is 0 Å². The average molecular weight is 839 g/mol. The van der Waals surface area contributed by atoms with Crippen molar-refractivity contribution in [2.24, 2.45) is 0 Å². The molecule has 1 aliphatic carbocycles. The second-order valence-electron chi connectivity index (χ2n) is 1.77. The van der Waals surface area contributed by atoms with Crippen molar-refractivity contribution in [2.75, 3.05) is 0 Å². The molecule has 0 atom stereocenters. The van der Waals surface area contributed by atoms with E-state index in [0.717, 1.165) is 6.42 Å². The summed E-state index contributed by atoms with van der Waals surface area (Å²) in [6.07, 6.45) is 12.5. The molecular weight excluding hydrogens is 831 g/mol. The van der Waals surface area contributed by atoms with Crippen molar-refractivity contribution >= 4 is 4.40 Å². The van der Waals surface area contributed by atoms with Crippen LogP contribution >= 0.6 is 0 Å². The predicted molar refractivity (Wildman–Crippen MR) is 35.7 cm³/mol. The van der Waals surface area contributed by atoms with Gasteiger partial charge in [-0.1, -0.05) is 0 Å². The second-order valence-corrected chi connectivity index (χ2v) is 2.75. The Morgan fingerprint density at radius 2 is 2.00 bits per heavy atom. The number of hydrogen-bond donors (Lipinski definition) is 0. The fourth-order valence-electron chi connectivity index (χ4n) is 0.682. The van der Waals surface area contributed by atoms with Crippen LogP contribution in [-0.4, -0.2) is 4.40 Å². The molecule has 0 unspecified atom stereocenters. The standard InChI is InChI=1S/C8H7.4W/c1-2-5-8-6-3-4-7-8;;;;/h1-5H,6H2;;;;/q-1;;;;/b5-2-;;;;. The van der Waals surface area contributed by atoms with Crippen LogP contribution in [0.5, 0.6) is 0 Å². The number of allylic oxidation sites excluding steroid dienone is 6. The maximum absolute atomic E-state index is 3.13. The van der Waals surface area contributed by atoms with Crippen molar-refractivity contribution in [3.8, 4) is 0 Å². The summed E-state index contributed by atoms with van der Waals surface area (Å²) in [5.41, 5.74) is 1.28.